The highest BCUT2D eigenvalue weighted by molar-refractivity contribution is 5.32. The fourth-order valence-corrected chi connectivity index (χ4v) is 0.910. The monoisotopic (exact) mass is 162 g/mol. The molecule has 1 aromatic carbocycles. The van der Waals surface area contributed by atoms with E-state index in [0.717, 1.165) is 11.3 Å². The highest BCUT2D eigenvalue weighted by Crippen LogP contribution is 2.16. The highest BCUT2D eigenvalue weighted by Gasteiger charge is 2.03. The van der Waals surface area contributed by atoms with E-state index in [-0.39, 0.29) is 0 Å². The van der Waals surface area contributed by atoms with E-state index in [9.17, 15) is 0 Å². The van der Waals surface area contributed by atoms with E-state index in [0.29, 0.717) is 0 Å². The molecule has 1 rings (SSSR count). The summed E-state index contributed by atoms with van der Waals surface area (Å²) in [5, 5.41) is 8.54. The fraction of sp³-hybridized carbons (Fsp3) is 0.222. The Balaban J connectivity index is 2.95. The van der Waals surface area contributed by atoms with E-state index in [4.69, 9.17) is 15.7 Å². The van der Waals surface area contributed by atoms with Crippen molar-refractivity contribution in [3.8, 4) is 11.8 Å². The minimum Gasteiger partial charge on any atom is -0.497 e. The average Bonchev–Trinajstić information content (AvgIpc) is 2.17. The molecule has 0 amide bonds. The standard InChI is InChI=1S/C9H10N2O/c1-12-8-4-2-3-7(5-8)9(11)6-10/h2-5,9H,11H2,1H3. The van der Waals surface area contributed by atoms with Gasteiger partial charge in [-0.2, -0.15) is 5.26 Å². The van der Waals surface area contributed by atoms with Crippen LogP contribution in [-0.4, -0.2) is 7.11 Å². The van der Waals surface area contributed by atoms with Gasteiger partial charge in [0.15, 0.2) is 0 Å². The smallest absolute Gasteiger partial charge is 0.119 e. The molecular weight excluding hydrogens is 152 g/mol. The second-order valence-corrected chi connectivity index (χ2v) is 2.38. The van der Waals surface area contributed by atoms with Gasteiger partial charge in [0.2, 0.25) is 0 Å². The lowest BCUT2D eigenvalue weighted by molar-refractivity contribution is 0.414. The van der Waals surface area contributed by atoms with Crippen molar-refractivity contribution in [2.24, 2.45) is 5.73 Å². The summed E-state index contributed by atoms with van der Waals surface area (Å²) >= 11 is 0. The van der Waals surface area contributed by atoms with Crippen molar-refractivity contribution < 1.29 is 4.74 Å². The van der Waals surface area contributed by atoms with Crippen LogP contribution in [0.4, 0.5) is 0 Å². The third-order valence-electron chi connectivity index (χ3n) is 1.59. The first kappa shape index (κ1) is 8.57. The lowest BCUT2D eigenvalue weighted by atomic mass is 10.1. The van der Waals surface area contributed by atoms with Gasteiger partial charge in [-0.1, -0.05) is 12.1 Å². The molecule has 1 unspecified atom stereocenters. The summed E-state index contributed by atoms with van der Waals surface area (Å²) in [4.78, 5) is 0. The molecule has 3 nitrogen and oxygen atoms in total. The largest absolute Gasteiger partial charge is 0.497 e. The molecule has 0 fully saturated rings. The summed E-state index contributed by atoms with van der Waals surface area (Å²) in [6.07, 6.45) is 0. The fourth-order valence-electron chi connectivity index (χ4n) is 0.910. The number of hydrogen-bond acceptors (Lipinski definition) is 3. The Morgan fingerprint density at radius 2 is 2.33 bits per heavy atom. The topological polar surface area (TPSA) is 59.0 Å². The zero-order valence-corrected chi connectivity index (χ0v) is 6.82. The van der Waals surface area contributed by atoms with Gasteiger partial charge in [-0.25, -0.2) is 0 Å². The molecule has 1 aromatic rings. The number of ether oxygens (including phenoxy) is 1. The number of nitrogens with two attached hydrogens (primary N) is 1. The minimum absolute atomic E-state index is 0.569. The molecule has 0 saturated carbocycles. The first-order valence-corrected chi connectivity index (χ1v) is 3.57. The van der Waals surface area contributed by atoms with Crippen LogP contribution in [0.3, 0.4) is 0 Å². The van der Waals surface area contributed by atoms with E-state index in [2.05, 4.69) is 0 Å². The molecule has 1 atom stereocenters. The van der Waals surface area contributed by atoms with Gasteiger partial charge in [0, 0.05) is 0 Å². The van der Waals surface area contributed by atoms with Gasteiger partial charge in [0.05, 0.1) is 13.2 Å². The molecule has 0 aliphatic rings. The molecule has 0 saturated heterocycles. The van der Waals surface area contributed by atoms with Gasteiger partial charge in [-0.05, 0) is 17.7 Å². The molecule has 3 heteroatoms. The van der Waals surface area contributed by atoms with Crippen molar-refractivity contribution in [1.82, 2.24) is 0 Å². The number of methoxy groups -OCH3 is 1. The summed E-state index contributed by atoms with van der Waals surface area (Å²) in [6, 6.07) is 8.57. The van der Waals surface area contributed by atoms with Crippen LogP contribution < -0.4 is 10.5 Å². The van der Waals surface area contributed by atoms with Crippen LogP contribution >= 0.6 is 0 Å². The van der Waals surface area contributed by atoms with Crippen molar-refractivity contribution in [2.75, 3.05) is 7.11 Å². The Morgan fingerprint density at radius 1 is 1.58 bits per heavy atom. The van der Waals surface area contributed by atoms with Crippen molar-refractivity contribution in [1.29, 1.82) is 5.26 Å². The molecule has 0 spiro atoms. The Kier molecular flexibility index (Phi) is 2.67. The van der Waals surface area contributed by atoms with Crippen LogP contribution in [0.1, 0.15) is 11.6 Å². The van der Waals surface area contributed by atoms with Crippen molar-refractivity contribution >= 4 is 0 Å². The predicted octanol–water partition coefficient (Wildman–Crippen LogP) is 1.22. The second-order valence-electron chi connectivity index (χ2n) is 2.38. The molecule has 0 aromatic heterocycles. The predicted molar refractivity (Wildman–Crippen MR) is 45.5 cm³/mol. The molecule has 0 bridgehead atoms. The molecule has 12 heavy (non-hydrogen) atoms. The maximum absolute atomic E-state index is 8.54. The Morgan fingerprint density at radius 3 is 2.92 bits per heavy atom. The zero-order chi connectivity index (χ0) is 8.97. The van der Waals surface area contributed by atoms with Crippen LogP contribution in [0.25, 0.3) is 0 Å². The van der Waals surface area contributed by atoms with Gasteiger partial charge >= 0.3 is 0 Å². The molecule has 0 heterocycles. The third kappa shape index (κ3) is 1.74. The SMILES string of the molecule is COc1cccc(C(N)C#N)c1. The van der Waals surface area contributed by atoms with E-state index in [1.165, 1.54) is 0 Å². The maximum Gasteiger partial charge on any atom is 0.119 e. The highest BCUT2D eigenvalue weighted by atomic mass is 16.5. The van der Waals surface area contributed by atoms with Gasteiger partial charge in [0.1, 0.15) is 11.8 Å². The lowest BCUT2D eigenvalue weighted by Gasteiger charge is -2.04. The van der Waals surface area contributed by atoms with E-state index < -0.39 is 6.04 Å². The molecule has 0 aliphatic heterocycles. The van der Waals surface area contributed by atoms with Crippen LogP contribution in [0.5, 0.6) is 5.75 Å². The normalized spacial score (nSPS) is 11.8. The number of hydrogen-bond donors (Lipinski definition) is 1. The van der Waals surface area contributed by atoms with Crippen LogP contribution in [-0.2, 0) is 0 Å². The summed E-state index contributed by atoms with van der Waals surface area (Å²) in [5.41, 5.74) is 6.28. The second kappa shape index (κ2) is 3.74. The number of nitriles is 1. The average molecular weight is 162 g/mol. The zero-order valence-electron chi connectivity index (χ0n) is 6.82. The van der Waals surface area contributed by atoms with Gasteiger partial charge in [0.25, 0.3) is 0 Å². The summed E-state index contributed by atoms with van der Waals surface area (Å²) in [6.45, 7) is 0. The molecule has 62 valence electrons. The minimum atomic E-state index is -0.569. The number of benzene rings is 1. The van der Waals surface area contributed by atoms with Crippen LogP contribution in [0.15, 0.2) is 24.3 Å². The van der Waals surface area contributed by atoms with Gasteiger partial charge in [-0.3, -0.25) is 0 Å². The Bertz CT molecular complexity index is 304. The summed E-state index contributed by atoms with van der Waals surface area (Å²) < 4.78 is 4.98. The van der Waals surface area contributed by atoms with Crippen molar-refractivity contribution in [3.63, 3.8) is 0 Å². The molecular formula is C9H10N2O. The van der Waals surface area contributed by atoms with Crippen molar-refractivity contribution in [2.45, 2.75) is 6.04 Å². The number of nitrogens with zero attached hydrogens (tertiary/aromatic N) is 1. The molecule has 0 aliphatic carbocycles. The van der Waals surface area contributed by atoms with E-state index in [1.807, 2.05) is 18.2 Å². The van der Waals surface area contributed by atoms with Gasteiger partial charge < -0.3 is 10.5 Å². The Hall–Kier alpha value is -1.53. The summed E-state index contributed by atoms with van der Waals surface area (Å²) in [5.74, 6) is 0.721. The first-order valence-electron chi connectivity index (χ1n) is 3.57. The van der Waals surface area contributed by atoms with E-state index in [1.54, 1.807) is 19.2 Å². The van der Waals surface area contributed by atoms with Crippen LogP contribution in [0.2, 0.25) is 0 Å². The molecule has 0 radical (unpaired) electrons. The summed E-state index contributed by atoms with van der Waals surface area (Å²) in [7, 11) is 1.58. The quantitative estimate of drug-likeness (QED) is 0.711. The van der Waals surface area contributed by atoms with Gasteiger partial charge in [-0.15, -0.1) is 0 Å². The van der Waals surface area contributed by atoms with Crippen LogP contribution in [0, 0.1) is 11.3 Å². The lowest BCUT2D eigenvalue weighted by Crippen LogP contribution is -2.06. The first-order chi connectivity index (χ1) is 5.77. The Labute approximate surface area is 71.4 Å². The van der Waals surface area contributed by atoms with Crippen molar-refractivity contribution in [3.05, 3.63) is 29.8 Å². The number of rotatable bonds is 2. The molecule has 2 N–H and O–H groups in total. The third-order valence-corrected chi connectivity index (χ3v) is 1.59. The van der Waals surface area contributed by atoms with E-state index >= 15 is 0 Å². The maximum atomic E-state index is 8.54.